The first kappa shape index (κ1) is 16.1. The zero-order valence-corrected chi connectivity index (χ0v) is 12.5. The summed E-state index contributed by atoms with van der Waals surface area (Å²) in [5, 5.41) is 3.08. The van der Waals surface area contributed by atoms with Crippen molar-refractivity contribution >= 4 is 34.2 Å². The molecule has 7 nitrogen and oxygen atoms in total. The number of carbonyl (C=O) groups is 3. The fraction of sp³-hybridized carbons (Fsp3) is 0.500. The molecule has 0 amide bonds. The number of hydrogen-bond donors (Lipinski definition) is 1. The van der Waals surface area contributed by atoms with Crippen molar-refractivity contribution in [2.75, 3.05) is 19.0 Å². The molecule has 20 heavy (non-hydrogen) atoms. The van der Waals surface area contributed by atoms with E-state index >= 15 is 0 Å². The molecule has 0 spiro atoms. The van der Waals surface area contributed by atoms with Crippen LogP contribution >= 0.6 is 11.3 Å². The number of esters is 2. The highest BCUT2D eigenvalue weighted by Crippen LogP contribution is 2.25. The Morgan fingerprint density at radius 3 is 2.55 bits per heavy atom. The molecule has 1 aromatic rings. The molecule has 8 heteroatoms. The molecule has 0 bridgehead atoms. The third-order valence-corrected chi connectivity index (χ3v) is 3.39. The second-order valence-corrected chi connectivity index (χ2v) is 4.86. The lowest BCUT2D eigenvalue weighted by molar-refractivity contribution is -0.143. The van der Waals surface area contributed by atoms with Crippen LogP contribution in [0.4, 0.5) is 5.13 Å². The van der Waals surface area contributed by atoms with Crippen LogP contribution in [-0.2, 0) is 14.3 Å². The summed E-state index contributed by atoms with van der Waals surface area (Å²) in [6.07, 6.45) is 0. The van der Waals surface area contributed by atoms with Gasteiger partial charge in [0, 0.05) is 6.92 Å². The molecule has 1 atom stereocenters. The van der Waals surface area contributed by atoms with E-state index in [1.165, 1.54) is 14.0 Å². The molecule has 1 unspecified atom stereocenters. The monoisotopic (exact) mass is 300 g/mol. The number of nitrogens with zero attached hydrogens (tertiary/aromatic N) is 1. The van der Waals surface area contributed by atoms with E-state index in [9.17, 15) is 14.4 Å². The molecule has 0 aromatic carbocycles. The van der Waals surface area contributed by atoms with Gasteiger partial charge < -0.3 is 14.8 Å². The number of aromatic nitrogens is 1. The lowest BCUT2D eigenvalue weighted by Crippen LogP contribution is -2.28. The van der Waals surface area contributed by atoms with Gasteiger partial charge in [-0.15, -0.1) is 0 Å². The van der Waals surface area contributed by atoms with E-state index in [-0.39, 0.29) is 28.1 Å². The van der Waals surface area contributed by atoms with Gasteiger partial charge in [-0.2, -0.15) is 0 Å². The number of methoxy groups -OCH3 is 1. The van der Waals surface area contributed by atoms with E-state index in [0.29, 0.717) is 0 Å². The Balaban J connectivity index is 2.95. The molecule has 1 aromatic heterocycles. The van der Waals surface area contributed by atoms with Crippen LogP contribution in [0.15, 0.2) is 0 Å². The molecular weight excluding hydrogens is 284 g/mol. The standard InChI is InChI=1S/C12H16N2O5S/c1-5-19-10(16)6(2)13-12-14-8(11(17)18-4)9(20-12)7(3)15/h6H,5H2,1-4H3,(H,13,14). The summed E-state index contributed by atoms with van der Waals surface area (Å²) in [6, 6.07) is -0.633. The van der Waals surface area contributed by atoms with Crippen LogP contribution in [0.1, 0.15) is 40.9 Å². The zero-order valence-electron chi connectivity index (χ0n) is 11.7. The normalized spacial score (nSPS) is 11.6. The maximum absolute atomic E-state index is 11.5. The summed E-state index contributed by atoms with van der Waals surface area (Å²) in [4.78, 5) is 38.7. The summed E-state index contributed by atoms with van der Waals surface area (Å²) < 4.78 is 9.41. The molecule has 0 saturated heterocycles. The topological polar surface area (TPSA) is 94.6 Å². The molecule has 1 heterocycles. The summed E-state index contributed by atoms with van der Waals surface area (Å²) >= 11 is 0.995. The predicted octanol–water partition coefficient (Wildman–Crippen LogP) is 1.50. The number of ether oxygens (including phenoxy) is 2. The molecule has 1 N–H and O–H groups in total. The van der Waals surface area contributed by atoms with Gasteiger partial charge in [0.05, 0.1) is 13.7 Å². The minimum atomic E-state index is -0.691. The number of rotatable bonds is 6. The minimum Gasteiger partial charge on any atom is -0.464 e. The summed E-state index contributed by atoms with van der Waals surface area (Å²) in [6.45, 7) is 4.91. The zero-order chi connectivity index (χ0) is 15.3. The number of carbonyl (C=O) groups excluding carboxylic acids is 3. The SMILES string of the molecule is CCOC(=O)C(C)Nc1nc(C(=O)OC)c(C(C)=O)s1. The average Bonchev–Trinajstić information content (AvgIpc) is 2.82. The van der Waals surface area contributed by atoms with Crippen LogP contribution in [0.2, 0.25) is 0 Å². The Morgan fingerprint density at radius 1 is 1.40 bits per heavy atom. The Bertz CT molecular complexity index is 526. The van der Waals surface area contributed by atoms with Crippen LogP contribution in [0.25, 0.3) is 0 Å². The average molecular weight is 300 g/mol. The van der Waals surface area contributed by atoms with Gasteiger partial charge in [-0.05, 0) is 13.8 Å². The van der Waals surface area contributed by atoms with Crippen LogP contribution in [0.5, 0.6) is 0 Å². The van der Waals surface area contributed by atoms with Crippen LogP contribution in [0.3, 0.4) is 0 Å². The molecule has 0 aliphatic carbocycles. The van der Waals surface area contributed by atoms with E-state index in [0.717, 1.165) is 11.3 Å². The van der Waals surface area contributed by atoms with Gasteiger partial charge in [0.25, 0.3) is 0 Å². The van der Waals surface area contributed by atoms with E-state index in [2.05, 4.69) is 15.0 Å². The third-order valence-electron chi connectivity index (χ3n) is 2.31. The molecule has 0 saturated carbocycles. The highest BCUT2D eigenvalue weighted by Gasteiger charge is 2.23. The molecule has 110 valence electrons. The maximum Gasteiger partial charge on any atom is 0.358 e. The summed E-state index contributed by atoms with van der Waals surface area (Å²) in [5.74, 6) is -1.42. The van der Waals surface area contributed by atoms with Crippen LogP contribution in [0, 0.1) is 0 Å². The molecule has 0 aliphatic rings. The Morgan fingerprint density at radius 2 is 2.05 bits per heavy atom. The second-order valence-electron chi connectivity index (χ2n) is 3.86. The highest BCUT2D eigenvalue weighted by atomic mass is 32.1. The van der Waals surface area contributed by atoms with Crippen molar-refractivity contribution in [3.8, 4) is 0 Å². The van der Waals surface area contributed by atoms with Gasteiger partial charge in [-0.1, -0.05) is 11.3 Å². The van der Waals surface area contributed by atoms with Crippen LogP contribution in [-0.4, -0.2) is 42.5 Å². The lowest BCUT2D eigenvalue weighted by atomic mass is 10.3. The van der Waals surface area contributed by atoms with Crippen LogP contribution < -0.4 is 5.32 Å². The van der Waals surface area contributed by atoms with Gasteiger partial charge in [0.1, 0.15) is 10.9 Å². The smallest absolute Gasteiger partial charge is 0.358 e. The lowest BCUT2D eigenvalue weighted by Gasteiger charge is -2.10. The van der Waals surface area contributed by atoms with E-state index in [1.807, 2.05) is 0 Å². The Hall–Kier alpha value is -1.96. The van der Waals surface area contributed by atoms with Crippen molar-refractivity contribution in [3.63, 3.8) is 0 Å². The van der Waals surface area contributed by atoms with Crippen molar-refractivity contribution in [1.29, 1.82) is 0 Å². The first-order chi connectivity index (χ1) is 9.40. The molecule has 0 aliphatic heterocycles. The highest BCUT2D eigenvalue weighted by molar-refractivity contribution is 7.17. The van der Waals surface area contributed by atoms with Gasteiger partial charge in [0.15, 0.2) is 16.6 Å². The molecule has 1 rings (SSSR count). The number of nitrogens with one attached hydrogen (secondary N) is 1. The number of anilines is 1. The Kier molecular flexibility index (Phi) is 5.63. The van der Waals surface area contributed by atoms with Crippen molar-refractivity contribution < 1.29 is 23.9 Å². The first-order valence-corrected chi connectivity index (χ1v) is 6.75. The van der Waals surface area contributed by atoms with E-state index in [1.54, 1.807) is 13.8 Å². The number of thiazole rings is 1. The van der Waals surface area contributed by atoms with Crippen molar-refractivity contribution in [1.82, 2.24) is 4.98 Å². The van der Waals surface area contributed by atoms with Crippen molar-refractivity contribution in [2.45, 2.75) is 26.8 Å². The van der Waals surface area contributed by atoms with Gasteiger partial charge in [-0.25, -0.2) is 14.6 Å². The number of hydrogen-bond acceptors (Lipinski definition) is 8. The summed E-state index contributed by atoms with van der Waals surface area (Å²) in [5.41, 5.74) is -0.0523. The molecule has 0 radical (unpaired) electrons. The van der Waals surface area contributed by atoms with Crippen molar-refractivity contribution in [2.24, 2.45) is 0 Å². The van der Waals surface area contributed by atoms with Gasteiger partial charge in [0.2, 0.25) is 0 Å². The fourth-order valence-corrected chi connectivity index (χ4v) is 2.30. The predicted molar refractivity (Wildman–Crippen MR) is 73.2 cm³/mol. The van der Waals surface area contributed by atoms with Gasteiger partial charge >= 0.3 is 11.9 Å². The minimum absolute atomic E-state index is 0.0523. The Labute approximate surface area is 120 Å². The van der Waals surface area contributed by atoms with Crippen molar-refractivity contribution in [3.05, 3.63) is 10.6 Å². The van der Waals surface area contributed by atoms with E-state index < -0.39 is 18.0 Å². The maximum atomic E-state index is 11.5. The third kappa shape index (κ3) is 3.77. The quantitative estimate of drug-likeness (QED) is 0.628. The largest absolute Gasteiger partial charge is 0.464 e. The number of Topliss-reactive ketones (excluding diaryl/α,β-unsaturated/α-hetero) is 1. The second kappa shape index (κ2) is 6.99. The fourth-order valence-electron chi connectivity index (χ4n) is 1.37. The molecule has 0 fully saturated rings. The number of ketones is 1. The van der Waals surface area contributed by atoms with Gasteiger partial charge in [-0.3, -0.25) is 4.79 Å². The molecular formula is C12H16N2O5S. The first-order valence-electron chi connectivity index (χ1n) is 5.93. The van der Waals surface area contributed by atoms with E-state index in [4.69, 9.17) is 4.74 Å². The summed E-state index contributed by atoms with van der Waals surface area (Å²) in [7, 11) is 1.21.